The van der Waals surface area contributed by atoms with Crippen LogP contribution in [0.3, 0.4) is 0 Å². The van der Waals surface area contributed by atoms with E-state index in [2.05, 4.69) is 26.1 Å². The average Bonchev–Trinajstić information content (AvgIpc) is 2.48. The van der Waals surface area contributed by atoms with Gasteiger partial charge in [0.25, 0.3) is 0 Å². The third-order valence-electron chi connectivity index (χ3n) is 4.65. The van der Waals surface area contributed by atoms with Crippen molar-refractivity contribution in [1.82, 2.24) is 5.32 Å². The van der Waals surface area contributed by atoms with Crippen LogP contribution in [0.2, 0.25) is 0 Å². The van der Waals surface area contributed by atoms with E-state index >= 15 is 0 Å². The van der Waals surface area contributed by atoms with Crippen LogP contribution in [0.4, 0.5) is 0 Å². The summed E-state index contributed by atoms with van der Waals surface area (Å²) in [6.45, 7) is 9.81. The second-order valence-electron chi connectivity index (χ2n) is 6.48. The third-order valence-corrected chi connectivity index (χ3v) is 4.65. The molecule has 0 aromatic carbocycles. The molecule has 4 heteroatoms. The summed E-state index contributed by atoms with van der Waals surface area (Å²) in [6.07, 6.45) is 5.69. The zero-order chi connectivity index (χ0) is 15.5. The Hall–Kier alpha value is -0.160. The number of aliphatic hydroxyl groups excluding tert-OH is 1. The van der Waals surface area contributed by atoms with Crippen molar-refractivity contribution in [2.75, 3.05) is 33.0 Å². The summed E-state index contributed by atoms with van der Waals surface area (Å²) < 4.78 is 10.9. The Morgan fingerprint density at radius 2 is 1.90 bits per heavy atom. The topological polar surface area (TPSA) is 50.7 Å². The highest BCUT2D eigenvalue weighted by Gasteiger charge is 2.26. The molecule has 0 spiro atoms. The second-order valence-corrected chi connectivity index (χ2v) is 6.48. The van der Waals surface area contributed by atoms with Gasteiger partial charge in [0.05, 0.1) is 25.9 Å². The van der Waals surface area contributed by atoms with E-state index in [0.29, 0.717) is 38.3 Å². The van der Waals surface area contributed by atoms with Crippen LogP contribution in [0.1, 0.15) is 52.9 Å². The summed E-state index contributed by atoms with van der Waals surface area (Å²) >= 11 is 0. The van der Waals surface area contributed by atoms with Gasteiger partial charge in [-0.05, 0) is 24.7 Å². The Morgan fingerprint density at radius 1 is 1.14 bits per heavy atom. The van der Waals surface area contributed by atoms with Gasteiger partial charge in [-0.15, -0.1) is 0 Å². The van der Waals surface area contributed by atoms with Crippen molar-refractivity contribution in [2.45, 2.75) is 65.0 Å². The Kier molecular flexibility index (Phi) is 10.3. The van der Waals surface area contributed by atoms with Gasteiger partial charge in [-0.2, -0.15) is 0 Å². The fraction of sp³-hybridized carbons (Fsp3) is 1.00. The molecule has 1 fully saturated rings. The maximum atomic E-state index is 9.94. The molecule has 1 aliphatic rings. The molecule has 0 bridgehead atoms. The molecule has 4 nitrogen and oxygen atoms in total. The maximum Gasteiger partial charge on any atom is 0.0897 e. The molecule has 1 aliphatic carbocycles. The van der Waals surface area contributed by atoms with Crippen LogP contribution < -0.4 is 5.32 Å². The summed E-state index contributed by atoms with van der Waals surface area (Å²) in [7, 11) is 0. The predicted octanol–water partition coefficient (Wildman–Crippen LogP) is 2.59. The van der Waals surface area contributed by atoms with Crippen molar-refractivity contribution >= 4 is 0 Å². The molecule has 0 aromatic heterocycles. The summed E-state index contributed by atoms with van der Waals surface area (Å²) in [5, 5.41) is 13.5. The van der Waals surface area contributed by atoms with E-state index in [0.717, 1.165) is 25.4 Å². The van der Waals surface area contributed by atoms with Gasteiger partial charge in [0.2, 0.25) is 0 Å². The molecular weight excluding hydrogens is 266 g/mol. The van der Waals surface area contributed by atoms with E-state index in [-0.39, 0.29) is 0 Å². The number of hydrogen-bond donors (Lipinski definition) is 2. The van der Waals surface area contributed by atoms with Crippen molar-refractivity contribution in [1.29, 1.82) is 0 Å². The molecule has 0 radical (unpaired) electrons. The first-order valence-corrected chi connectivity index (χ1v) is 8.72. The second kappa shape index (κ2) is 11.4. The molecule has 0 heterocycles. The number of unbranched alkanes of at least 4 members (excludes halogenated alkanes) is 1. The molecule has 0 aliphatic heterocycles. The predicted molar refractivity (Wildman–Crippen MR) is 86.5 cm³/mol. The van der Waals surface area contributed by atoms with Gasteiger partial charge in [0, 0.05) is 19.2 Å². The van der Waals surface area contributed by atoms with Gasteiger partial charge in [0.1, 0.15) is 0 Å². The van der Waals surface area contributed by atoms with Crippen molar-refractivity contribution in [3.05, 3.63) is 0 Å². The minimum atomic E-state index is -0.426. The minimum absolute atomic E-state index is 0.390. The normalized spacial score (nSPS) is 27.7. The van der Waals surface area contributed by atoms with Gasteiger partial charge in [-0.1, -0.05) is 40.0 Å². The number of aliphatic hydroxyl groups is 1. The highest BCUT2D eigenvalue weighted by Crippen LogP contribution is 2.29. The van der Waals surface area contributed by atoms with Crippen molar-refractivity contribution in [3.8, 4) is 0 Å². The van der Waals surface area contributed by atoms with Crippen molar-refractivity contribution < 1.29 is 14.6 Å². The molecule has 4 unspecified atom stereocenters. The first-order chi connectivity index (χ1) is 10.1. The van der Waals surface area contributed by atoms with E-state index < -0.39 is 6.10 Å². The number of nitrogens with one attached hydrogen (secondary N) is 1. The number of rotatable bonds is 11. The van der Waals surface area contributed by atoms with E-state index in [1.165, 1.54) is 19.3 Å². The van der Waals surface area contributed by atoms with Crippen molar-refractivity contribution in [3.63, 3.8) is 0 Å². The Balaban J connectivity index is 1.99. The Bertz CT molecular complexity index is 250. The minimum Gasteiger partial charge on any atom is -0.389 e. The molecule has 1 rings (SSSR count). The fourth-order valence-corrected chi connectivity index (χ4v) is 2.90. The van der Waals surface area contributed by atoms with Crippen LogP contribution in [-0.2, 0) is 9.47 Å². The largest absolute Gasteiger partial charge is 0.389 e. The van der Waals surface area contributed by atoms with Crippen LogP contribution in [0.15, 0.2) is 0 Å². The SMILES string of the molecule is CCCCOCCOCC(O)CNC1CCCC(C)C1C. The number of hydrogen-bond acceptors (Lipinski definition) is 4. The molecule has 21 heavy (non-hydrogen) atoms. The van der Waals surface area contributed by atoms with Gasteiger partial charge in [0.15, 0.2) is 0 Å². The van der Waals surface area contributed by atoms with Crippen molar-refractivity contribution in [2.24, 2.45) is 11.8 Å². The Morgan fingerprint density at radius 3 is 2.67 bits per heavy atom. The zero-order valence-electron chi connectivity index (χ0n) is 14.1. The average molecular weight is 301 g/mol. The van der Waals surface area contributed by atoms with Crippen LogP contribution in [0.5, 0.6) is 0 Å². The van der Waals surface area contributed by atoms with Crippen LogP contribution in [-0.4, -0.2) is 50.2 Å². The van der Waals surface area contributed by atoms with Crippen LogP contribution in [0, 0.1) is 11.8 Å². The van der Waals surface area contributed by atoms with E-state index in [9.17, 15) is 5.11 Å². The molecule has 126 valence electrons. The van der Waals surface area contributed by atoms with E-state index in [4.69, 9.17) is 9.47 Å². The van der Waals surface area contributed by atoms with Gasteiger partial charge in [-0.3, -0.25) is 0 Å². The molecule has 0 amide bonds. The molecular formula is C17H35NO3. The first kappa shape index (κ1) is 18.9. The maximum absolute atomic E-state index is 9.94. The lowest BCUT2D eigenvalue weighted by molar-refractivity contribution is 0.00189. The van der Waals surface area contributed by atoms with Gasteiger partial charge in [-0.25, -0.2) is 0 Å². The molecule has 0 saturated heterocycles. The van der Waals surface area contributed by atoms with Gasteiger partial charge >= 0.3 is 0 Å². The quantitative estimate of drug-likeness (QED) is 0.576. The molecule has 2 N–H and O–H groups in total. The van der Waals surface area contributed by atoms with Crippen LogP contribution in [0.25, 0.3) is 0 Å². The van der Waals surface area contributed by atoms with E-state index in [1.807, 2.05) is 0 Å². The highest BCUT2D eigenvalue weighted by atomic mass is 16.5. The summed E-state index contributed by atoms with van der Waals surface area (Å²) in [5.74, 6) is 1.48. The lowest BCUT2D eigenvalue weighted by atomic mass is 9.78. The summed E-state index contributed by atoms with van der Waals surface area (Å²) in [4.78, 5) is 0. The first-order valence-electron chi connectivity index (χ1n) is 8.72. The lowest BCUT2D eigenvalue weighted by Gasteiger charge is -2.35. The molecule has 4 atom stereocenters. The van der Waals surface area contributed by atoms with Gasteiger partial charge < -0.3 is 19.9 Å². The van der Waals surface area contributed by atoms with E-state index in [1.54, 1.807) is 0 Å². The zero-order valence-corrected chi connectivity index (χ0v) is 14.1. The smallest absolute Gasteiger partial charge is 0.0897 e. The standard InChI is InChI=1S/C17H35NO3/c1-4-5-9-20-10-11-21-13-16(19)12-18-17-8-6-7-14(2)15(17)3/h14-19H,4-13H2,1-3H3. The fourth-order valence-electron chi connectivity index (χ4n) is 2.90. The third kappa shape index (κ3) is 8.15. The summed E-state index contributed by atoms with van der Waals surface area (Å²) in [6, 6.07) is 0.542. The molecule has 1 saturated carbocycles. The summed E-state index contributed by atoms with van der Waals surface area (Å²) in [5.41, 5.74) is 0. The monoisotopic (exact) mass is 301 g/mol. The number of ether oxygens (including phenoxy) is 2. The van der Waals surface area contributed by atoms with Crippen LogP contribution >= 0.6 is 0 Å². The Labute approximate surface area is 130 Å². The highest BCUT2D eigenvalue weighted by molar-refractivity contribution is 4.82. The lowest BCUT2D eigenvalue weighted by Crippen LogP contribution is -2.44. The molecule has 0 aromatic rings.